The second-order valence-corrected chi connectivity index (χ2v) is 6.22. The number of carbonyl (C=O) groups is 1. The minimum atomic E-state index is -0.0173. The molecule has 1 atom stereocenters. The first-order valence-corrected chi connectivity index (χ1v) is 7.98. The van der Waals surface area contributed by atoms with Gasteiger partial charge in [-0.1, -0.05) is 0 Å². The molecule has 0 saturated heterocycles. The summed E-state index contributed by atoms with van der Waals surface area (Å²) in [6, 6.07) is 8.14. The van der Waals surface area contributed by atoms with Crippen molar-refractivity contribution in [2.75, 3.05) is 5.32 Å². The van der Waals surface area contributed by atoms with Gasteiger partial charge in [-0.2, -0.15) is 5.10 Å². The molecule has 1 unspecified atom stereocenters. The zero-order valence-corrected chi connectivity index (χ0v) is 13.9. The van der Waals surface area contributed by atoms with Crippen LogP contribution in [-0.4, -0.2) is 25.2 Å². The van der Waals surface area contributed by atoms with Crippen LogP contribution in [0.2, 0.25) is 0 Å². The number of anilines is 1. The minimum absolute atomic E-state index is 0.0173. The molecule has 0 spiro atoms. The number of aryl methyl sites for hydroxylation is 3. The first-order valence-electron chi connectivity index (χ1n) is 7.98. The molecular weight excluding hydrogens is 302 g/mol. The summed E-state index contributed by atoms with van der Waals surface area (Å²) in [6.07, 6.45) is 4.03. The van der Waals surface area contributed by atoms with Crippen LogP contribution < -0.4 is 5.32 Å². The van der Waals surface area contributed by atoms with Crippen LogP contribution in [0.5, 0.6) is 0 Å². The van der Waals surface area contributed by atoms with E-state index in [1.165, 1.54) is 0 Å². The van der Waals surface area contributed by atoms with Gasteiger partial charge in [-0.15, -0.1) is 0 Å². The van der Waals surface area contributed by atoms with E-state index in [-0.39, 0.29) is 11.8 Å². The van der Waals surface area contributed by atoms with Crippen molar-refractivity contribution >= 4 is 11.7 Å². The molecular formula is C18H19N5O. The molecule has 6 heteroatoms. The SMILES string of the molecule is Cc1nn(C)c2c1C(c1ccc(C)n1-c1cccnc1)CC(=O)N2. The molecule has 0 fully saturated rings. The monoisotopic (exact) mass is 321 g/mol. The zero-order valence-electron chi connectivity index (χ0n) is 13.9. The highest BCUT2D eigenvalue weighted by atomic mass is 16.1. The Hall–Kier alpha value is -2.89. The number of rotatable bonds is 2. The number of pyridine rings is 1. The first-order chi connectivity index (χ1) is 11.6. The Morgan fingerprint density at radius 3 is 2.83 bits per heavy atom. The van der Waals surface area contributed by atoms with Crippen LogP contribution in [0.3, 0.4) is 0 Å². The van der Waals surface area contributed by atoms with Crippen molar-refractivity contribution < 1.29 is 4.79 Å². The van der Waals surface area contributed by atoms with Crippen molar-refractivity contribution in [3.05, 3.63) is 59.3 Å². The maximum Gasteiger partial charge on any atom is 0.226 e. The summed E-state index contributed by atoms with van der Waals surface area (Å²) < 4.78 is 3.92. The van der Waals surface area contributed by atoms with E-state index < -0.39 is 0 Å². The van der Waals surface area contributed by atoms with E-state index in [0.29, 0.717) is 6.42 Å². The highest BCUT2D eigenvalue weighted by Crippen LogP contribution is 2.40. The molecule has 0 radical (unpaired) electrons. The predicted molar refractivity (Wildman–Crippen MR) is 91.3 cm³/mol. The van der Waals surface area contributed by atoms with Gasteiger partial charge >= 0.3 is 0 Å². The standard InChI is InChI=1S/C18H19N5O/c1-11-6-7-15(23(11)13-5-4-8-19-10-13)14-9-16(24)20-18-17(14)12(2)21-22(18)3/h4-8,10,14H,9H2,1-3H3,(H,20,24). The average Bonchev–Trinajstić information content (AvgIpc) is 3.08. The predicted octanol–water partition coefficient (Wildman–Crippen LogP) is 2.70. The van der Waals surface area contributed by atoms with Gasteiger partial charge in [0.2, 0.25) is 5.91 Å². The number of hydrogen-bond acceptors (Lipinski definition) is 3. The normalized spacial score (nSPS) is 16.8. The van der Waals surface area contributed by atoms with E-state index >= 15 is 0 Å². The van der Waals surface area contributed by atoms with E-state index in [2.05, 4.69) is 39.0 Å². The molecule has 4 heterocycles. The number of amides is 1. The van der Waals surface area contributed by atoms with Gasteiger partial charge in [0.15, 0.2) is 0 Å². The van der Waals surface area contributed by atoms with Crippen LogP contribution in [0.15, 0.2) is 36.7 Å². The maximum atomic E-state index is 12.3. The number of aromatic nitrogens is 4. The Bertz CT molecular complexity index is 923. The van der Waals surface area contributed by atoms with Gasteiger partial charge in [-0.3, -0.25) is 14.5 Å². The van der Waals surface area contributed by atoms with Gasteiger partial charge in [-0.25, -0.2) is 0 Å². The molecule has 24 heavy (non-hydrogen) atoms. The van der Waals surface area contributed by atoms with E-state index in [1.54, 1.807) is 10.9 Å². The Morgan fingerprint density at radius 1 is 1.25 bits per heavy atom. The molecule has 3 aromatic heterocycles. The van der Waals surface area contributed by atoms with Crippen molar-refractivity contribution in [2.45, 2.75) is 26.2 Å². The molecule has 6 nitrogen and oxygen atoms in total. The second kappa shape index (κ2) is 5.33. The van der Waals surface area contributed by atoms with E-state index in [1.807, 2.05) is 32.3 Å². The fourth-order valence-electron chi connectivity index (χ4n) is 3.63. The number of nitrogens with zero attached hydrogens (tertiary/aromatic N) is 4. The lowest BCUT2D eigenvalue weighted by Gasteiger charge is -2.25. The van der Waals surface area contributed by atoms with Gasteiger partial charge in [0, 0.05) is 42.5 Å². The van der Waals surface area contributed by atoms with Gasteiger partial charge < -0.3 is 9.88 Å². The molecule has 3 aromatic rings. The Balaban J connectivity index is 1.92. The van der Waals surface area contributed by atoms with Crippen LogP contribution in [-0.2, 0) is 11.8 Å². The molecule has 1 aliphatic heterocycles. The van der Waals surface area contributed by atoms with Gasteiger partial charge in [-0.05, 0) is 38.1 Å². The van der Waals surface area contributed by atoms with Gasteiger partial charge in [0.1, 0.15) is 5.82 Å². The molecule has 1 amide bonds. The largest absolute Gasteiger partial charge is 0.316 e. The molecule has 0 bridgehead atoms. The summed E-state index contributed by atoms with van der Waals surface area (Å²) in [5, 5.41) is 7.45. The highest BCUT2D eigenvalue weighted by Gasteiger charge is 2.33. The second-order valence-electron chi connectivity index (χ2n) is 6.22. The fourth-order valence-corrected chi connectivity index (χ4v) is 3.63. The molecule has 0 saturated carbocycles. The minimum Gasteiger partial charge on any atom is -0.316 e. The third-order valence-electron chi connectivity index (χ3n) is 4.63. The number of nitrogens with one attached hydrogen (secondary N) is 1. The molecule has 122 valence electrons. The van der Waals surface area contributed by atoms with Gasteiger partial charge in [0.05, 0.1) is 17.6 Å². The van der Waals surface area contributed by atoms with Crippen LogP contribution in [0.25, 0.3) is 5.69 Å². The van der Waals surface area contributed by atoms with E-state index in [0.717, 1.165) is 34.2 Å². The molecule has 4 rings (SSSR count). The summed E-state index contributed by atoms with van der Waals surface area (Å²) in [5.41, 5.74) is 5.26. The van der Waals surface area contributed by atoms with Crippen molar-refractivity contribution in [3.63, 3.8) is 0 Å². The number of hydrogen-bond donors (Lipinski definition) is 1. The molecule has 0 aromatic carbocycles. The van der Waals surface area contributed by atoms with E-state index in [9.17, 15) is 4.79 Å². The van der Waals surface area contributed by atoms with Crippen LogP contribution in [0, 0.1) is 13.8 Å². The summed E-state index contributed by atoms with van der Waals surface area (Å²) in [4.78, 5) is 16.5. The number of fused-ring (bicyclic) bond motifs is 1. The van der Waals surface area contributed by atoms with Crippen molar-refractivity contribution in [1.82, 2.24) is 19.3 Å². The third kappa shape index (κ3) is 2.14. The lowest BCUT2D eigenvalue weighted by Crippen LogP contribution is -2.26. The van der Waals surface area contributed by atoms with Crippen molar-refractivity contribution in [2.24, 2.45) is 7.05 Å². The topological polar surface area (TPSA) is 64.7 Å². The van der Waals surface area contributed by atoms with Crippen LogP contribution >= 0.6 is 0 Å². The Kier molecular flexibility index (Phi) is 3.26. The number of carbonyl (C=O) groups excluding carboxylic acids is 1. The van der Waals surface area contributed by atoms with Crippen LogP contribution in [0.4, 0.5) is 5.82 Å². The lowest BCUT2D eigenvalue weighted by atomic mass is 9.89. The Labute approximate surface area is 140 Å². The van der Waals surface area contributed by atoms with Crippen LogP contribution in [0.1, 0.15) is 35.0 Å². The average molecular weight is 321 g/mol. The molecule has 1 N–H and O–H groups in total. The quantitative estimate of drug-likeness (QED) is 0.789. The Morgan fingerprint density at radius 2 is 2.08 bits per heavy atom. The van der Waals surface area contributed by atoms with Gasteiger partial charge in [0.25, 0.3) is 0 Å². The summed E-state index contributed by atoms with van der Waals surface area (Å²) in [7, 11) is 1.86. The zero-order chi connectivity index (χ0) is 16.8. The smallest absolute Gasteiger partial charge is 0.226 e. The summed E-state index contributed by atoms with van der Waals surface area (Å²) >= 11 is 0. The first kappa shape index (κ1) is 14.7. The highest BCUT2D eigenvalue weighted by molar-refractivity contribution is 5.94. The van der Waals surface area contributed by atoms with Crippen molar-refractivity contribution in [1.29, 1.82) is 0 Å². The van der Waals surface area contributed by atoms with E-state index in [4.69, 9.17) is 0 Å². The lowest BCUT2D eigenvalue weighted by molar-refractivity contribution is -0.116. The summed E-state index contributed by atoms with van der Waals surface area (Å²) in [5.74, 6) is 0.800. The summed E-state index contributed by atoms with van der Waals surface area (Å²) in [6.45, 7) is 4.06. The third-order valence-corrected chi connectivity index (χ3v) is 4.63. The fraction of sp³-hybridized carbons (Fsp3) is 0.278. The maximum absolute atomic E-state index is 12.3. The molecule has 0 aliphatic carbocycles. The molecule has 1 aliphatic rings. The van der Waals surface area contributed by atoms with Crippen molar-refractivity contribution in [3.8, 4) is 5.69 Å².